The van der Waals surface area contributed by atoms with Gasteiger partial charge in [-0.15, -0.1) is 0 Å². The second kappa shape index (κ2) is 5.45. The van der Waals surface area contributed by atoms with Crippen LogP contribution in [0.1, 0.15) is 11.4 Å². The fourth-order valence-electron chi connectivity index (χ4n) is 1.24. The zero-order valence-corrected chi connectivity index (χ0v) is 10.4. The lowest BCUT2D eigenvalue weighted by molar-refractivity contribution is -0.104. The van der Waals surface area contributed by atoms with Gasteiger partial charge in [-0.25, -0.2) is 9.67 Å². The van der Waals surface area contributed by atoms with Gasteiger partial charge in [-0.2, -0.15) is 5.10 Å². The molecule has 1 aromatic rings. The molecule has 0 radical (unpaired) electrons. The van der Waals surface area contributed by atoms with Crippen LogP contribution in [-0.2, 0) is 4.79 Å². The molecule has 0 fully saturated rings. The van der Waals surface area contributed by atoms with E-state index in [1.807, 2.05) is 19.9 Å². The summed E-state index contributed by atoms with van der Waals surface area (Å²) in [5.41, 5.74) is 7.26. The SMILES string of the molecule is C=C(C=O)/C(Cl)=N\C(=C/N)n1nc(C)cc1C. The maximum absolute atomic E-state index is 10.5. The summed E-state index contributed by atoms with van der Waals surface area (Å²) in [7, 11) is 0. The van der Waals surface area contributed by atoms with Gasteiger partial charge in [0, 0.05) is 17.5 Å². The fourth-order valence-corrected chi connectivity index (χ4v) is 1.37. The van der Waals surface area contributed by atoms with Crippen LogP contribution in [0.5, 0.6) is 0 Å². The molecule has 1 heterocycles. The minimum absolute atomic E-state index is 0.00995. The van der Waals surface area contributed by atoms with E-state index in [4.69, 9.17) is 17.3 Å². The third-order valence-electron chi connectivity index (χ3n) is 2.00. The van der Waals surface area contributed by atoms with Gasteiger partial charge in [0.25, 0.3) is 0 Å². The van der Waals surface area contributed by atoms with Crippen LogP contribution in [0.2, 0.25) is 0 Å². The number of aldehydes is 1. The van der Waals surface area contributed by atoms with Crippen LogP contribution in [0.3, 0.4) is 0 Å². The van der Waals surface area contributed by atoms with Crippen molar-refractivity contribution in [2.24, 2.45) is 10.7 Å². The van der Waals surface area contributed by atoms with E-state index in [9.17, 15) is 4.79 Å². The first-order valence-electron chi connectivity index (χ1n) is 4.83. The summed E-state index contributed by atoms with van der Waals surface area (Å²) in [5, 5.41) is 4.19. The molecular formula is C11H13ClN4O. The molecule has 0 aromatic carbocycles. The molecule has 0 spiro atoms. The molecule has 0 saturated carbocycles. The molecule has 0 aliphatic carbocycles. The Hall–Kier alpha value is -1.88. The average molecular weight is 253 g/mol. The summed E-state index contributed by atoms with van der Waals surface area (Å²) in [5.74, 6) is 0.337. The zero-order chi connectivity index (χ0) is 13.0. The van der Waals surface area contributed by atoms with Gasteiger partial charge in [0.2, 0.25) is 0 Å². The van der Waals surface area contributed by atoms with Gasteiger partial charge in [-0.1, -0.05) is 18.2 Å². The highest BCUT2D eigenvalue weighted by Gasteiger charge is 2.07. The van der Waals surface area contributed by atoms with Crippen molar-refractivity contribution in [1.29, 1.82) is 0 Å². The molecule has 0 aliphatic heterocycles. The molecule has 17 heavy (non-hydrogen) atoms. The summed E-state index contributed by atoms with van der Waals surface area (Å²) in [6.45, 7) is 7.17. The summed E-state index contributed by atoms with van der Waals surface area (Å²) in [4.78, 5) is 14.5. The topological polar surface area (TPSA) is 73.3 Å². The molecule has 90 valence electrons. The lowest BCUT2D eigenvalue weighted by atomic mass is 10.4. The number of allylic oxidation sites excluding steroid dienone is 1. The van der Waals surface area contributed by atoms with Crippen LogP contribution >= 0.6 is 11.6 Å². The molecule has 0 aliphatic rings. The number of nitrogens with zero attached hydrogens (tertiary/aromatic N) is 3. The molecule has 0 saturated heterocycles. The highest BCUT2D eigenvalue weighted by molar-refractivity contribution is 6.71. The minimum atomic E-state index is -0.00995. The number of carbonyl (C=O) groups excluding carboxylic acids is 1. The van der Waals surface area contributed by atoms with Gasteiger partial charge in [0.05, 0.1) is 5.69 Å². The maximum Gasteiger partial charge on any atom is 0.170 e. The Bertz CT molecular complexity index is 514. The van der Waals surface area contributed by atoms with Crippen LogP contribution in [0.25, 0.3) is 5.82 Å². The van der Waals surface area contributed by atoms with Crippen LogP contribution in [0.15, 0.2) is 29.4 Å². The van der Waals surface area contributed by atoms with Crippen molar-refractivity contribution in [2.45, 2.75) is 13.8 Å². The number of rotatable bonds is 4. The smallest absolute Gasteiger partial charge is 0.170 e. The summed E-state index contributed by atoms with van der Waals surface area (Å²) < 4.78 is 1.54. The van der Waals surface area contributed by atoms with Gasteiger partial charge in [-0.05, 0) is 19.9 Å². The molecule has 2 N–H and O–H groups in total. The largest absolute Gasteiger partial charge is 0.402 e. The highest BCUT2D eigenvalue weighted by Crippen LogP contribution is 2.12. The molecule has 0 unspecified atom stereocenters. The normalized spacial score (nSPS) is 12.6. The van der Waals surface area contributed by atoms with Crippen LogP contribution < -0.4 is 5.73 Å². The number of aryl methyl sites for hydroxylation is 2. The number of halogens is 1. The first-order valence-corrected chi connectivity index (χ1v) is 5.21. The Kier molecular flexibility index (Phi) is 4.23. The number of aromatic nitrogens is 2. The molecule has 0 bridgehead atoms. The Morgan fingerprint density at radius 1 is 1.65 bits per heavy atom. The second-order valence-electron chi connectivity index (χ2n) is 3.41. The Morgan fingerprint density at radius 2 is 2.29 bits per heavy atom. The monoisotopic (exact) mass is 252 g/mol. The number of aliphatic imine (C=N–C) groups is 1. The van der Waals surface area contributed by atoms with E-state index in [1.165, 1.54) is 10.9 Å². The Morgan fingerprint density at radius 3 is 2.71 bits per heavy atom. The van der Waals surface area contributed by atoms with Gasteiger partial charge in [-0.3, -0.25) is 4.79 Å². The summed E-state index contributed by atoms with van der Waals surface area (Å²) >= 11 is 5.80. The molecule has 5 nitrogen and oxygen atoms in total. The van der Waals surface area contributed by atoms with Crippen molar-refractivity contribution in [3.05, 3.63) is 35.8 Å². The van der Waals surface area contributed by atoms with E-state index < -0.39 is 0 Å². The van der Waals surface area contributed by atoms with Gasteiger partial charge in [0.1, 0.15) is 5.17 Å². The van der Waals surface area contributed by atoms with E-state index in [0.29, 0.717) is 12.1 Å². The highest BCUT2D eigenvalue weighted by atomic mass is 35.5. The lowest BCUT2D eigenvalue weighted by Gasteiger charge is -2.04. The summed E-state index contributed by atoms with van der Waals surface area (Å²) in [6, 6.07) is 1.88. The Balaban J connectivity index is 3.15. The standard InChI is InChI=1S/C11H13ClN4O/c1-7(6-17)11(12)14-10(5-13)16-9(3)4-8(2)15-16/h4-6H,1,13H2,2-3H3/b10-5+,14-11+. The van der Waals surface area contributed by atoms with E-state index in [2.05, 4.69) is 16.7 Å². The average Bonchev–Trinajstić information content (AvgIpc) is 2.63. The molecule has 0 atom stereocenters. The number of nitrogens with two attached hydrogens (primary N) is 1. The van der Waals surface area contributed by atoms with Crippen LogP contribution in [0, 0.1) is 13.8 Å². The number of hydrogen-bond acceptors (Lipinski definition) is 4. The van der Waals surface area contributed by atoms with Crippen LogP contribution in [-0.4, -0.2) is 21.2 Å². The first kappa shape index (κ1) is 13.2. The van der Waals surface area contributed by atoms with Crippen molar-refractivity contribution >= 4 is 28.9 Å². The van der Waals surface area contributed by atoms with E-state index in [-0.39, 0.29) is 10.7 Å². The number of carbonyl (C=O) groups is 1. The predicted octanol–water partition coefficient (Wildman–Crippen LogP) is 1.61. The third kappa shape index (κ3) is 3.04. The molecule has 0 amide bonds. The first-order chi connectivity index (χ1) is 7.99. The van der Waals surface area contributed by atoms with Crippen LogP contribution in [0.4, 0.5) is 0 Å². The molecule has 6 heteroatoms. The summed E-state index contributed by atoms with van der Waals surface area (Å²) in [6.07, 6.45) is 1.79. The minimum Gasteiger partial charge on any atom is -0.402 e. The van der Waals surface area contributed by atoms with E-state index >= 15 is 0 Å². The molecular weight excluding hydrogens is 240 g/mol. The van der Waals surface area contributed by atoms with Crippen molar-refractivity contribution in [3.63, 3.8) is 0 Å². The van der Waals surface area contributed by atoms with Gasteiger partial charge in [0.15, 0.2) is 12.1 Å². The van der Waals surface area contributed by atoms with E-state index in [0.717, 1.165) is 11.4 Å². The maximum atomic E-state index is 10.5. The predicted molar refractivity (Wildman–Crippen MR) is 68.7 cm³/mol. The number of hydrogen-bond donors (Lipinski definition) is 1. The molecule has 1 rings (SSSR count). The van der Waals surface area contributed by atoms with E-state index in [1.54, 1.807) is 0 Å². The van der Waals surface area contributed by atoms with Crippen molar-refractivity contribution in [1.82, 2.24) is 9.78 Å². The Labute approximate surface area is 104 Å². The van der Waals surface area contributed by atoms with Gasteiger partial charge < -0.3 is 5.73 Å². The lowest BCUT2D eigenvalue weighted by Crippen LogP contribution is -2.05. The molecule has 1 aromatic heterocycles. The van der Waals surface area contributed by atoms with Crippen molar-refractivity contribution in [3.8, 4) is 0 Å². The van der Waals surface area contributed by atoms with Gasteiger partial charge >= 0.3 is 0 Å². The second-order valence-corrected chi connectivity index (χ2v) is 3.77. The third-order valence-corrected chi connectivity index (χ3v) is 2.32. The zero-order valence-electron chi connectivity index (χ0n) is 9.64. The fraction of sp³-hybridized carbons (Fsp3) is 0.182. The van der Waals surface area contributed by atoms with Crippen molar-refractivity contribution in [2.75, 3.05) is 0 Å². The quantitative estimate of drug-likeness (QED) is 0.503. The van der Waals surface area contributed by atoms with Crippen molar-refractivity contribution < 1.29 is 4.79 Å².